The molecule has 2 rings (SSSR count). The average molecular weight is 284 g/mol. The van der Waals surface area contributed by atoms with E-state index < -0.39 is 0 Å². The van der Waals surface area contributed by atoms with Crippen molar-refractivity contribution in [3.63, 3.8) is 0 Å². The van der Waals surface area contributed by atoms with Gasteiger partial charge in [0.05, 0.1) is 12.3 Å². The summed E-state index contributed by atoms with van der Waals surface area (Å²) in [4.78, 5) is 11.7. The summed E-state index contributed by atoms with van der Waals surface area (Å²) in [6.07, 6.45) is 1.10. The number of aryl methyl sites for hydroxylation is 1. The molecule has 4 nitrogen and oxygen atoms in total. The fourth-order valence-electron chi connectivity index (χ4n) is 1.85. The Morgan fingerprint density at radius 1 is 1.05 bits per heavy atom. The van der Waals surface area contributed by atoms with E-state index in [1.807, 2.05) is 61.5 Å². The van der Waals surface area contributed by atoms with Crippen LogP contribution in [-0.2, 0) is 4.79 Å². The fourth-order valence-corrected chi connectivity index (χ4v) is 1.85. The fraction of sp³-hybridized carbons (Fsp3) is 0.235. The molecule has 0 radical (unpaired) electrons. The second-order valence-electron chi connectivity index (χ2n) is 4.75. The van der Waals surface area contributed by atoms with Gasteiger partial charge in [0.25, 0.3) is 0 Å². The third kappa shape index (κ3) is 5.18. The van der Waals surface area contributed by atoms with Crippen LogP contribution in [-0.4, -0.2) is 12.5 Å². The second kappa shape index (κ2) is 7.94. The molecule has 0 saturated carbocycles. The molecule has 0 aliphatic heterocycles. The van der Waals surface area contributed by atoms with Crippen molar-refractivity contribution in [1.82, 2.24) is 5.43 Å². The second-order valence-corrected chi connectivity index (χ2v) is 4.75. The molecule has 2 aromatic carbocycles. The Bertz CT molecular complexity index is 570. The highest BCUT2D eigenvalue weighted by Crippen LogP contribution is 2.11. The molecule has 0 spiro atoms. The number of carbonyl (C=O) groups excluding carboxylic acids is 1. The van der Waals surface area contributed by atoms with Crippen molar-refractivity contribution in [2.45, 2.75) is 19.8 Å². The molecule has 0 heterocycles. The van der Waals surface area contributed by atoms with E-state index in [9.17, 15) is 4.79 Å². The molecular formula is C17H20N2O2. The number of nitrogens with one attached hydrogen (secondary N) is 2. The van der Waals surface area contributed by atoms with E-state index in [4.69, 9.17) is 4.74 Å². The number of carbonyl (C=O) groups is 1. The highest BCUT2D eigenvalue weighted by atomic mass is 16.5. The van der Waals surface area contributed by atoms with Gasteiger partial charge < -0.3 is 4.74 Å². The van der Waals surface area contributed by atoms with Crippen LogP contribution in [0.3, 0.4) is 0 Å². The Balaban J connectivity index is 1.63. The predicted molar refractivity (Wildman–Crippen MR) is 84.1 cm³/mol. The molecule has 0 saturated heterocycles. The van der Waals surface area contributed by atoms with E-state index in [0.717, 1.165) is 17.0 Å². The topological polar surface area (TPSA) is 50.4 Å². The summed E-state index contributed by atoms with van der Waals surface area (Å²) in [5.74, 6) is 0.783. The van der Waals surface area contributed by atoms with E-state index in [0.29, 0.717) is 19.4 Å². The van der Waals surface area contributed by atoms with Crippen molar-refractivity contribution in [2.24, 2.45) is 0 Å². The summed E-state index contributed by atoms with van der Waals surface area (Å²) < 4.78 is 5.54. The van der Waals surface area contributed by atoms with Crippen LogP contribution in [0.1, 0.15) is 18.4 Å². The molecule has 2 N–H and O–H groups in total. The quantitative estimate of drug-likeness (QED) is 0.606. The predicted octanol–water partition coefficient (Wildman–Crippen LogP) is 3.30. The number of ether oxygens (including phenoxy) is 1. The monoisotopic (exact) mass is 284 g/mol. The van der Waals surface area contributed by atoms with Crippen LogP contribution in [0.15, 0.2) is 54.6 Å². The van der Waals surface area contributed by atoms with E-state index in [-0.39, 0.29) is 5.91 Å². The number of anilines is 1. The largest absolute Gasteiger partial charge is 0.494 e. The minimum atomic E-state index is -0.0464. The molecule has 0 fully saturated rings. The van der Waals surface area contributed by atoms with Gasteiger partial charge in [0.2, 0.25) is 5.91 Å². The zero-order valence-electron chi connectivity index (χ0n) is 12.1. The smallest absolute Gasteiger partial charge is 0.238 e. The zero-order chi connectivity index (χ0) is 14.9. The molecule has 0 bridgehead atoms. The molecule has 21 heavy (non-hydrogen) atoms. The number of hydrogen-bond acceptors (Lipinski definition) is 3. The van der Waals surface area contributed by atoms with Crippen molar-refractivity contribution in [2.75, 3.05) is 12.0 Å². The lowest BCUT2D eigenvalue weighted by Gasteiger charge is -2.11. The molecule has 110 valence electrons. The average Bonchev–Trinajstić information content (AvgIpc) is 2.52. The minimum absolute atomic E-state index is 0.0464. The number of amides is 1. The van der Waals surface area contributed by atoms with Crippen LogP contribution < -0.4 is 15.6 Å². The summed E-state index contributed by atoms with van der Waals surface area (Å²) in [6.45, 7) is 2.52. The minimum Gasteiger partial charge on any atom is -0.494 e. The van der Waals surface area contributed by atoms with Gasteiger partial charge in [0.15, 0.2) is 0 Å². The Kier molecular flexibility index (Phi) is 5.64. The lowest BCUT2D eigenvalue weighted by molar-refractivity contribution is -0.120. The first kappa shape index (κ1) is 14.9. The summed E-state index contributed by atoms with van der Waals surface area (Å²) in [5.41, 5.74) is 7.62. The third-order valence-electron chi connectivity index (χ3n) is 3.04. The molecule has 1 amide bonds. The maximum atomic E-state index is 11.7. The van der Waals surface area contributed by atoms with Gasteiger partial charge >= 0.3 is 0 Å². The summed E-state index contributed by atoms with van der Waals surface area (Å²) in [7, 11) is 0. The molecule has 4 heteroatoms. The molecule has 0 aliphatic carbocycles. The molecule has 0 aliphatic rings. The van der Waals surface area contributed by atoms with Gasteiger partial charge in [0, 0.05) is 6.42 Å². The maximum Gasteiger partial charge on any atom is 0.238 e. The van der Waals surface area contributed by atoms with Crippen molar-refractivity contribution < 1.29 is 9.53 Å². The highest BCUT2D eigenvalue weighted by molar-refractivity contribution is 5.77. The number of benzene rings is 2. The van der Waals surface area contributed by atoms with Gasteiger partial charge in [-0.05, 0) is 37.1 Å². The van der Waals surface area contributed by atoms with Crippen LogP contribution >= 0.6 is 0 Å². The lowest BCUT2D eigenvalue weighted by atomic mass is 10.2. The highest BCUT2D eigenvalue weighted by Gasteiger charge is 2.02. The van der Waals surface area contributed by atoms with Gasteiger partial charge in [-0.2, -0.15) is 0 Å². The maximum absolute atomic E-state index is 11.7. The van der Waals surface area contributed by atoms with Crippen molar-refractivity contribution in [3.05, 3.63) is 60.2 Å². The molecule has 0 aromatic heterocycles. The summed E-state index contributed by atoms with van der Waals surface area (Å²) >= 11 is 0. The lowest BCUT2D eigenvalue weighted by Crippen LogP contribution is -2.29. The third-order valence-corrected chi connectivity index (χ3v) is 3.04. The van der Waals surface area contributed by atoms with Gasteiger partial charge in [-0.15, -0.1) is 0 Å². The SMILES string of the molecule is Cc1ccccc1NNC(=O)CCCOc1ccccc1. The van der Waals surface area contributed by atoms with E-state index in [1.54, 1.807) is 0 Å². The van der Waals surface area contributed by atoms with Gasteiger partial charge in [-0.1, -0.05) is 36.4 Å². The number of hydrazine groups is 1. The van der Waals surface area contributed by atoms with Crippen LogP contribution in [0.5, 0.6) is 5.75 Å². The van der Waals surface area contributed by atoms with Crippen molar-refractivity contribution in [3.8, 4) is 5.75 Å². The van der Waals surface area contributed by atoms with Crippen molar-refractivity contribution >= 4 is 11.6 Å². The number of hydrogen-bond donors (Lipinski definition) is 2. The zero-order valence-corrected chi connectivity index (χ0v) is 12.1. The van der Waals surface area contributed by atoms with E-state index in [2.05, 4.69) is 10.9 Å². The molecule has 0 unspecified atom stereocenters. The Morgan fingerprint density at radius 3 is 2.52 bits per heavy atom. The van der Waals surface area contributed by atoms with Crippen LogP contribution in [0.4, 0.5) is 5.69 Å². The number of para-hydroxylation sites is 2. The standard InChI is InChI=1S/C17H20N2O2/c1-14-8-5-6-11-16(14)18-19-17(20)12-7-13-21-15-9-3-2-4-10-15/h2-6,8-11,18H,7,12-13H2,1H3,(H,19,20). The number of rotatable bonds is 7. The summed E-state index contributed by atoms with van der Waals surface area (Å²) in [6, 6.07) is 17.4. The van der Waals surface area contributed by atoms with E-state index >= 15 is 0 Å². The normalized spacial score (nSPS) is 9.95. The first-order valence-electron chi connectivity index (χ1n) is 7.04. The molecular weight excluding hydrogens is 264 g/mol. The Morgan fingerprint density at radius 2 is 1.76 bits per heavy atom. The van der Waals surface area contributed by atoms with Crippen molar-refractivity contribution in [1.29, 1.82) is 0 Å². The van der Waals surface area contributed by atoms with Crippen LogP contribution in [0, 0.1) is 6.92 Å². The van der Waals surface area contributed by atoms with Gasteiger partial charge in [-0.3, -0.25) is 15.6 Å². The van der Waals surface area contributed by atoms with Gasteiger partial charge in [0.1, 0.15) is 5.75 Å². The Labute approximate surface area is 125 Å². The molecule has 2 aromatic rings. The van der Waals surface area contributed by atoms with Gasteiger partial charge in [-0.25, -0.2) is 0 Å². The van der Waals surface area contributed by atoms with Crippen LogP contribution in [0.2, 0.25) is 0 Å². The van der Waals surface area contributed by atoms with Crippen LogP contribution in [0.25, 0.3) is 0 Å². The Hall–Kier alpha value is -2.49. The first-order valence-corrected chi connectivity index (χ1v) is 7.04. The molecule has 0 atom stereocenters. The first-order chi connectivity index (χ1) is 10.3. The summed E-state index contributed by atoms with van der Waals surface area (Å²) in [5, 5.41) is 0. The van der Waals surface area contributed by atoms with E-state index in [1.165, 1.54) is 0 Å².